The highest BCUT2D eigenvalue weighted by molar-refractivity contribution is 5.90. The van der Waals surface area contributed by atoms with Crippen LogP contribution in [0.15, 0.2) is 24.5 Å². The smallest absolute Gasteiger partial charge is 0.137 e. The molecule has 1 saturated carbocycles. The molecule has 0 spiro atoms. The maximum Gasteiger partial charge on any atom is 0.137 e. The maximum absolute atomic E-state index is 5.81. The van der Waals surface area contributed by atoms with E-state index in [1.807, 2.05) is 18.2 Å². The van der Waals surface area contributed by atoms with Crippen LogP contribution in [-0.4, -0.2) is 16.5 Å². The van der Waals surface area contributed by atoms with Crippen LogP contribution < -0.4 is 11.1 Å². The Balaban J connectivity index is 1.66. The summed E-state index contributed by atoms with van der Waals surface area (Å²) in [5.41, 5.74) is 7.46. The van der Waals surface area contributed by atoms with Gasteiger partial charge in [-0.2, -0.15) is 0 Å². The molecular weight excluding hydrogens is 260 g/mol. The van der Waals surface area contributed by atoms with Crippen molar-refractivity contribution in [3.63, 3.8) is 0 Å². The van der Waals surface area contributed by atoms with E-state index in [4.69, 9.17) is 5.73 Å². The number of rotatable bonds is 4. The summed E-state index contributed by atoms with van der Waals surface area (Å²) in [5, 5.41) is 4.57. The number of benzene rings is 1. The molecule has 4 heteroatoms. The highest BCUT2D eigenvalue weighted by Gasteiger charge is 2.19. The monoisotopic (exact) mass is 284 g/mol. The average molecular weight is 284 g/mol. The van der Waals surface area contributed by atoms with Gasteiger partial charge >= 0.3 is 0 Å². The zero-order chi connectivity index (χ0) is 14.7. The molecule has 3 rings (SSSR count). The Morgan fingerprint density at radius 1 is 1.14 bits per heavy atom. The first-order valence-corrected chi connectivity index (χ1v) is 8.00. The number of nitrogen functional groups attached to an aromatic ring is 1. The van der Waals surface area contributed by atoms with E-state index in [0.29, 0.717) is 0 Å². The quantitative estimate of drug-likeness (QED) is 0.837. The van der Waals surface area contributed by atoms with E-state index in [2.05, 4.69) is 22.2 Å². The van der Waals surface area contributed by atoms with Crippen LogP contribution in [0.3, 0.4) is 0 Å². The Hall–Kier alpha value is -1.84. The second-order valence-corrected chi connectivity index (χ2v) is 6.17. The Labute approximate surface area is 126 Å². The number of hydrogen-bond acceptors (Lipinski definition) is 4. The number of hydrogen-bond donors (Lipinski definition) is 2. The molecule has 1 aromatic heterocycles. The minimum atomic E-state index is 0.741. The molecule has 1 aromatic carbocycles. The maximum atomic E-state index is 5.81. The SMILES string of the molecule is CCC1CCC(CNc2ncnc3cc(N)ccc23)CC1. The van der Waals surface area contributed by atoms with Gasteiger partial charge in [-0.15, -0.1) is 0 Å². The summed E-state index contributed by atoms with van der Waals surface area (Å²) in [5.74, 6) is 2.65. The summed E-state index contributed by atoms with van der Waals surface area (Å²) in [6, 6.07) is 5.80. The lowest BCUT2D eigenvalue weighted by molar-refractivity contribution is 0.278. The van der Waals surface area contributed by atoms with Crippen molar-refractivity contribution in [3.8, 4) is 0 Å². The molecule has 0 aliphatic heterocycles. The van der Waals surface area contributed by atoms with Gasteiger partial charge in [-0.05, 0) is 42.9 Å². The van der Waals surface area contributed by atoms with Crippen LogP contribution >= 0.6 is 0 Å². The van der Waals surface area contributed by atoms with Gasteiger partial charge in [0.1, 0.15) is 12.1 Å². The number of nitrogens with two attached hydrogens (primary N) is 1. The Bertz CT molecular complexity index is 603. The number of aromatic nitrogens is 2. The first-order valence-electron chi connectivity index (χ1n) is 8.00. The van der Waals surface area contributed by atoms with Crippen LogP contribution in [0.2, 0.25) is 0 Å². The van der Waals surface area contributed by atoms with E-state index in [1.54, 1.807) is 6.33 Å². The van der Waals surface area contributed by atoms with Gasteiger partial charge in [-0.25, -0.2) is 9.97 Å². The topological polar surface area (TPSA) is 63.8 Å². The second-order valence-electron chi connectivity index (χ2n) is 6.17. The van der Waals surface area contributed by atoms with Crippen LogP contribution in [0.4, 0.5) is 11.5 Å². The molecule has 0 atom stereocenters. The molecule has 1 fully saturated rings. The molecule has 2 aromatic rings. The summed E-state index contributed by atoms with van der Waals surface area (Å²) in [6.07, 6.45) is 8.37. The standard InChI is InChI=1S/C17H24N4/c1-2-12-3-5-13(6-4-12)10-19-17-15-8-7-14(18)9-16(15)20-11-21-17/h7-9,11-13H,2-6,10,18H2,1H3,(H,19,20,21). The predicted octanol–water partition coefficient (Wildman–Crippen LogP) is 3.84. The molecule has 1 heterocycles. The molecule has 0 bridgehead atoms. The minimum absolute atomic E-state index is 0.741. The van der Waals surface area contributed by atoms with E-state index < -0.39 is 0 Å². The van der Waals surface area contributed by atoms with Crippen molar-refractivity contribution in [2.24, 2.45) is 11.8 Å². The molecule has 21 heavy (non-hydrogen) atoms. The summed E-state index contributed by atoms with van der Waals surface area (Å²) in [6.45, 7) is 3.31. The normalized spacial score (nSPS) is 22.3. The van der Waals surface area contributed by atoms with E-state index in [9.17, 15) is 0 Å². The molecule has 0 radical (unpaired) electrons. The lowest BCUT2D eigenvalue weighted by Crippen LogP contribution is -2.21. The predicted molar refractivity (Wildman–Crippen MR) is 88.2 cm³/mol. The summed E-state index contributed by atoms with van der Waals surface area (Å²) < 4.78 is 0. The molecule has 0 saturated heterocycles. The van der Waals surface area contributed by atoms with Gasteiger partial charge in [0.25, 0.3) is 0 Å². The second kappa shape index (κ2) is 6.29. The molecule has 3 N–H and O–H groups in total. The summed E-state index contributed by atoms with van der Waals surface area (Å²) >= 11 is 0. The van der Waals surface area contributed by atoms with Crippen LogP contribution in [0.1, 0.15) is 39.0 Å². The average Bonchev–Trinajstić information content (AvgIpc) is 2.53. The van der Waals surface area contributed by atoms with Gasteiger partial charge in [0.05, 0.1) is 5.52 Å². The van der Waals surface area contributed by atoms with E-state index in [-0.39, 0.29) is 0 Å². The third-order valence-electron chi connectivity index (χ3n) is 4.76. The first kappa shape index (κ1) is 14.1. The van der Waals surface area contributed by atoms with E-state index in [1.165, 1.54) is 32.1 Å². The van der Waals surface area contributed by atoms with Crippen molar-refractivity contribution >= 4 is 22.4 Å². The lowest BCUT2D eigenvalue weighted by Gasteiger charge is -2.28. The Morgan fingerprint density at radius 2 is 1.90 bits per heavy atom. The summed E-state index contributed by atoms with van der Waals surface area (Å²) in [4.78, 5) is 8.68. The fourth-order valence-electron chi connectivity index (χ4n) is 3.30. The van der Waals surface area contributed by atoms with Crippen molar-refractivity contribution in [2.75, 3.05) is 17.6 Å². The Morgan fingerprint density at radius 3 is 2.67 bits per heavy atom. The minimum Gasteiger partial charge on any atom is -0.399 e. The van der Waals surface area contributed by atoms with Gasteiger partial charge in [0, 0.05) is 17.6 Å². The van der Waals surface area contributed by atoms with Gasteiger partial charge in [-0.3, -0.25) is 0 Å². The van der Waals surface area contributed by atoms with Crippen molar-refractivity contribution in [3.05, 3.63) is 24.5 Å². The van der Waals surface area contributed by atoms with E-state index >= 15 is 0 Å². The zero-order valence-corrected chi connectivity index (χ0v) is 12.7. The number of nitrogens with zero attached hydrogens (tertiary/aromatic N) is 2. The third-order valence-corrected chi connectivity index (χ3v) is 4.76. The van der Waals surface area contributed by atoms with Crippen molar-refractivity contribution in [2.45, 2.75) is 39.0 Å². The van der Waals surface area contributed by atoms with Gasteiger partial charge in [0.2, 0.25) is 0 Å². The number of nitrogens with one attached hydrogen (secondary N) is 1. The zero-order valence-electron chi connectivity index (χ0n) is 12.7. The lowest BCUT2D eigenvalue weighted by atomic mass is 9.81. The molecule has 1 aliphatic rings. The van der Waals surface area contributed by atoms with Crippen LogP contribution in [-0.2, 0) is 0 Å². The van der Waals surface area contributed by atoms with Crippen molar-refractivity contribution in [1.82, 2.24) is 9.97 Å². The number of anilines is 2. The number of fused-ring (bicyclic) bond motifs is 1. The molecular formula is C17H24N4. The van der Waals surface area contributed by atoms with Crippen molar-refractivity contribution < 1.29 is 0 Å². The fourth-order valence-corrected chi connectivity index (χ4v) is 3.30. The van der Waals surface area contributed by atoms with Gasteiger partial charge in [0.15, 0.2) is 0 Å². The molecule has 1 aliphatic carbocycles. The van der Waals surface area contributed by atoms with Crippen molar-refractivity contribution in [1.29, 1.82) is 0 Å². The fraction of sp³-hybridized carbons (Fsp3) is 0.529. The first-order chi connectivity index (χ1) is 10.3. The largest absolute Gasteiger partial charge is 0.399 e. The van der Waals surface area contributed by atoms with Crippen LogP contribution in [0.25, 0.3) is 10.9 Å². The highest BCUT2D eigenvalue weighted by atomic mass is 15.0. The Kier molecular flexibility index (Phi) is 4.23. The van der Waals surface area contributed by atoms with Gasteiger partial charge in [-0.1, -0.05) is 26.2 Å². The highest BCUT2D eigenvalue weighted by Crippen LogP contribution is 2.31. The van der Waals surface area contributed by atoms with Crippen LogP contribution in [0.5, 0.6) is 0 Å². The summed E-state index contributed by atoms with van der Waals surface area (Å²) in [7, 11) is 0. The van der Waals surface area contributed by atoms with E-state index in [0.717, 1.165) is 40.8 Å². The molecule has 112 valence electrons. The third kappa shape index (κ3) is 3.26. The molecule has 0 amide bonds. The molecule has 0 unspecified atom stereocenters. The van der Waals surface area contributed by atoms with Crippen LogP contribution in [0, 0.1) is 11.8 Å². The molecule has 4 nitrogen and oxygen atoms in total. The van der Waals surface area contributed by atoms with Gasteiger partial charge < -0.3 is 11.1 Å².